The van der Waals surface area contributed by atoms with Crippen LogP contribution in [0.25, 0.3) is 0 Å². The summed E-state index contributed by atoms with van der Waals surface area (Å²) in [6, 6.07) is 3.33. The Morgan fingerprint density at radius 3 is 2.60 bits per heavy atom. The van der Waals surface area contributed by atoms with E-state index in [-0.39, 0.29) is 17.3 Å². The fourth-order valence-electron chi connectivity index (χ4n) is 1.90. The fourth-order valence-corrected chi connectivity index (χ4v) is 2.73. The van der Waals surface area contributed by atoms with Crippen molar-refractivity contribution in [2.24, 2.45) is 12.2 Å². The number of hydrogen-bond donors (Lipinski definition) is 1. The van der Waals surface area contributed by atoms with E-state index in [2.05, 4.69) is 10.1 Å². The van der Waals surface area contributed by atoms with Crippen LogP contribution in [0.15, 0.2) is 23.4 Å². The molecule has 1 aromatic carbocycles. The highest BCUT2D eigenvalue weighted by Gasteiger charge is 2.18. The quantitative estimate of drug-likeness (QED) is 0.893. The Labute approximate surface area is 117 Å². The van der Waals surface area contributed by atoms with E-state index in [0.29, 0.717) is 11.4 Å². The molecule has 2 rings (SSSR count). The second-order valence-corrected chi connectivity index (χ2v) is 6.07. The smallest absolute Gasteiger partial charge is 0.241 e. The van der Waals surface area contributed by atoms with Crippen LogP contribution < -0.4 is 9.88 Å². The minimum atomic E-state index is -3.85. The average molecular weight is 296 g/mol. The molecule has 1 aromatic heterocycles. The molecule has 2 aromatic rings. The van der Waals surface area contributed by atoms with Gasteiger partial charge in [0.25, 0.3) is 0 Å². The number of rotatable bonds is 4. The standard InChI is InChI=1S/C12H16N4O3S/c1-8-4-9(2)12(10(5-8)20(13,17)18)19-6-11-14-7-15-16(11)3/h4-5,7H,6H2,1-3H3,(H2,13,17,18). The zero-order valence-electron chi connectivity index (χ0n) is 11.5. The summed E-state index contributed by atoms with van der Waals surface area (Å²) in [5, 5.41) is 9.15. The highest BCUT2D eigenvalue weighted by atomic mass is 32.2. The summed E-state index contributed by atoms with van der Waals surface area (Å²) in [4.78, 5) is 4.00. The van der Waals surface area contributed by atoms with Gasteiger partial charge in [-0.2, -0.15) is 5.10 Å². The molecule has 0 fully saturated rings. The highest BCUT2D eigenvalue weighted by molar-refractivity contribution is 7.89. The van der Waals surface area contributed by atoms with Crippen molar-refractivity contribution in [2.45, 2.75) is 25.3 Å². The molecule has 0 radical (unpaired) electrons. The number of ether oxygens (including phenoxy) is 1. The van der Waals surface area contributed by atoms with Crippen molar-refractivity contribution in [3.05, 3.63) is 35.4 Å². The third-order valence-electron chi connectivity index (χ3n) is 2.84. The minimum Gasteiger partial charge on any atom is -0.484 e. The van der Waals surface area contributed by atoms with Gasteiger partial charge < -0.3 is 4.74 Å². The maximum Gasteiger partial charge on any atom is 0.241 e. The average Bonchev–Trinajstić information content (AvgIpc) is 2.72. The molecule has 0 aliphatic carbocycles. The lowest BCUT2D eigenvalue weighted by atomic mass is 10.1. The van der Waals surface area contributed by atoms with Crippen molar-refractivity contribution in [1.82, 2.24) is 14.8 Å². The SMILES string of the molecule is Cc1cc(C)c(OCc2ncnn2C)c(S(N)(=O)=O)c1. The molecule has 2 N–H and O–H groups in total. The van der Waals surface area contributed by atoms with E-state index < -0.39 is 10.0 Å². The van der Waals surface area contributed by atoms with E-state index in [4.69, 9.17) is 9.88 Å². The van der Waals surface area contributed by atoms with Crippen molar-refractivity contribution >= 4 is 10.0 Å². The fraction of sp³-hybridized carbons (Fsp3) is 0.333. The summed E-state index contributed by atoms with van der Waals surface area (Å²) in [6.07, 6.45) is 1.40. The molecule has 20 heavy (non-hydrogen) atoms. The molecular formula is C12H16N4O3S. The third kappa shape index (κ3) is 2.97. The van der Waals surface area contributed by atoms with E-state index in [1.165, 1.54) is 12.4 Å². The van der Waals surface area contributed by atoms with Crippen molar-refractivity contribution in [3.8, 4) is 5.75 Å². The van der Waals surface area contributed by atoms with Crippen LogP contribution in [-0.2, 0) is 23.7 Å². The number of aromatic nitrogens is 3. The first-order valence-corrected chi connectivity index (χ1v) is 7.43. The lowest BCUT2D eigenvalue weighted by Crippen LogP contribution is -2.15. The van der Waals surface area contributed by atoms with Crippen molar-refractivity contribution in [2.75, 3.05) is 0 Å². The molecule has 0 atom stereocenters. The predicted octanol–water partition coefficient (Wildman–Crippen LogP) is 0.658. The zero-order valence-corrected chi connectivity index (χ0v) is 12.3. The number of primary sulfonamides is 1. The van der Waals surface area contributed by atoms with Gasteiger partial charge in [0.2, 0.25) is 10.0 Å². The summed E-state index contributed by atoms with van der Waals surface area (Å²) < 4.78 is 30.4. The van der Waals surface area contributed by atoms with Gasteiger partial charge >= 0.3 is 0 Å². The van der Waals surface area contributed by atoms with Gasteiger partial charge in [0.05, 0.1) is 0 Å². The number of sulfonamides is 1. The van der Waals surface area contributed by atoms with Crippen LogP contribution in [-0.4, -0.2) is 23.2 Å². The van der Waals surface area contributed by atoms with Gasteiger partial charge in [-0.05, 0) is 31.0 Å². The Hall–Kier alpha value is -1.93. The van der Waals surface area contributed by atoms with Gasteiger partial charge in [-0.1, -0.05) is 6.07 Å². The number of hydrogen-bond acceptors (Lipinski definition) is 5. The predicted molar refractivity (Wildman–Crippen MR) is 72.6 cm³/mol. The Kier molecular flexibility index (Phi) is 3.78. The highest BCUT2D eigenvalue weighted by Crippen LogP contribution is 2.29. The van der Waals surface area contributed by atoms with E-state index in [1.807, 2.05) is 6.07 Å². The van der Waals surface area contributed by atoms with Crippen LogP contribution in [0, 0.1) is 13.8 Å². The molecule has 108 valence electrons. The monoisotopic (exact) mass is 296 g/mol. The van der Waals surface area contributed by atoms with Crippen molar-refractivity contribution in [3.63, 3.8) is 0 Å². The van der Waals surface area contributed by atoms with Crippen LogP contribution in [0.1, 0.15) is 17.0 Å². The number of nitrogens with zero attached hydrogens (tertiary/aromatic N) is 3. The van der Waals surface area contributed by atoms with E-state index in [1.54, 1.807) is 25.6 Å². The van der Waals surface area contributed by atoms with Gasteiger partial charge in [0.1, 0.15) is 23.6 Å². The third-order valence-corrected chi connectivity index (χ3v) is 3.76. The van der Waals surface area contributed by atoms with Crippen molar-refractivity contribution in [1.29, 1.82) is 0 Å². The molecule has 0 saturated heterocycles. The molecule has 0 aliphatic heterocycles. The first-order valence-electron chi connectivity index (χ1n) is 5.89. The Bertz CT molecular complexity index is 737. The summed E-state index contributed by atoms with van der Waals surface area (Å²) in [5.41, 5.74) is 1.51. The summed E-state index contributed by atoms with van der Waals surface area (Å²) in [6.45, 7) is 3.69. The molecule has 0 saturated carbocycles. The summed E-state index contributed by atoms with van der Waals surface area (Å²) >= 11 is 0. The number of aryl methyl sites for hydroxylation is 3. The van der Waals surface area contributed by atoms with Gasteiger partial charge in [-0.3, -0.25) is 4.68 Å². The van der Waals surface area contributed by atoms with Crippen LogP contribution in [0.4, 0.5) is 0 Å². The first kappa shape index (κ1) is 14.5. The van der Waals surface area contributed by atoms with Crippen LogP contribution in [0.2, 0.25) is 0 Å². The molecular weight excluding hydrogens is 280 g/mol. The molecule has 7 nitrogen and oxygen atoms in total. The second kappa shape index (κ2) is 5.22. The maximum atomic E-state index is 11.7. The Morgan fingerprint density at radius 2 is 2.05 bits per heavy atom. The van der Waals surface area contributed by atoms with E-state index >= 15 is 0 Å². The van der Waals surface area contributed by atoms with Crippen LogP contribution in [0.3, 0.4) is 0 Å². The van der Waals surface area contributed by atoms with Gasteiger partial charge in [0, 0.05) is 7.05 Å². The Balaban J connectivity index is 2.38. The number of benzene rings is 1. The second-order valence-electron chi connectivity index (χ2n) is 4.54. The molecule has 0 unspecified atom stereocenters. The number of nitrogens with two attached hydrogens (primary N) is 1. The minimum absolute atomic E-state index is 0.0165. The largest absolute Gasteiger partial charge is 0.484 e. The van der Waals surface area contributed by atoms with Crippen molar-refractivity contribution < 1.29 is 13.2 Å². The molecule has 0 spiro atoms. The van der Waals surface area contributed by atoms with Crippen LogP contribution >= 0.6 is 0 Å². The van der Waals surface area contributed by atoms with Crippen LogP contribution in [0.5, 0.6) is 5.75 Å². The summed E-state index contributed by atoms with van der Waals surface area (Å²) in [7, 11) is -2.12. The van der Waals surface area contributed by atoms with Gasteiger partial charge in [0.15, 0.2) is 5.82 Å². The lowest BCUT2D eigenvalue weighted by molar-refractivity contribution is 0.280. The molecule has 0 amide bonds. The maximum absolute atomic E-state index is 11.7. The zero-order chi connectivity index (χ0) is 14.9. The molecule has 0 bridgehead atoms. The molecule has 8 heteroatoms. The lowest BCUT2D eigenvalue weighted by Gasteiger charge is -2.13. The van der Waals surface area contributed by atoms with Gasteiger partial charge in [-0.15, -0.1) is 0 Å². The Morgan fingerprint density at radius 1 is 1.35 bits per heavy atom. The first-order chi connectivity index (χ1) is 9.29. The normalized spacial score (nSPS) is 11.6. The van der Waals surface area contributed by atoms with Gasteiger partial charge in [-0.25, -0.2) is 18.5 Å². The summed E-state index contributed by atoms with van der Waals surface area (Å²) in [5.74, 6) is 0.839. The molecule has 1 heterocycles. The topological polar surface area (TPSA) is 100 Å². The van der Waals surface area contributed by atoms with E-state index in [9.17, 15) is 8.42 Å². The van der Waals surface area contributed by atoms with E-state index in [0.717, 1.165) is 5.56 Å². The molecule has 0 aliphatic rings.